The molecule has 1 heterocycles. The summed E-state index contributed by atoms with van der Waals surface area (Å²) in [6, 6.07) is 5.89. The Morgan fingerprint density at radius 2 is 2.22 bits per heavy atom. The van der Waals surface area contributed by atoms with Crippen molar-refractivity contribution in [3.63, 3.8) is 0 Å². The quantitative estimate of drug-likeness (QED) is 0.888. The van der Waals surface area contributed by atoms with Crippen LogP contribution in [0.4, 0.5) is 0 Å². The van der Waals surface area contributed by atoms with E-state index in [-0.39, 0.29) is 6.04 Å². The number of likely N-dealkylation sites (N-methyl/N-ethyl adjacent to an activating group) is 1. The van der Waals surface area contributed by atoms with Crippen LogP contribution >= 0.6 is 34.5 Å². The van der Waals surface area contributed by atoms with Gasteiger partial charge in [0.25, 0.3) is 0 Å². The van der Waals surface area contributed by atoms with Crippen LogP contribution in [0, 0.1) is 0 Å². The average Bonchev–Trinajstić information content (AvgIpc) is 2.85. The number of aromatic nitrogens is 1. The van der Waals surface area contributed by atoms with Gasteiger partial charge in [0.2, 0.25) is 0 Å². The van der Waals surface area contributed by atoms with E-state index in [1.807, 2.05) is 23.8 Å². The second-order valence-electron chi connectivity index (χ2n) is 3.95. The second-order valence-corrected chi connectivity index (χ2v) is 5.72. The van der Waals surface area contributed by atoms with E-state index in [0.717, 1.165) is 23.6 Å². The van der Waals surface area contributed by atoms with Crippen LogP contribution in [0.5, 0.6) is 0 Å². The fraction of sp³-hybridized carbons (Fsp3) is 0.308. The molecule has 0 aliphatic carbocycles. The van der Waals surface area contributed by atoms with E-state index in [1.54, 1.807) is 17.4 Å². The largest absolute Gasteiger partial charge is 0.309 e. The molecule has 0 aliphatic rings. The Balaban J connectivity index is 2.18. The zero-order valence-corrected chi connectivity index (χ0v) is 12.3. The van der Waals surface area contributed by atoms with Crippen molar-refractivity contribution < 1.29 is 0 Å². The highest BCUT2D eigenvalue weighted by Crippen LogP contribution is 2.27. The van der Waals surface area contributed by atoms with Gasteiger partial charge in [0.05, 0.1) is 5.51 Å². The third kappa shape index (κ3) is 3.45. The van der Waals surface area contributed by atoms with Crippen molar-refractivity contribution in [1.82, 2.24) is 10.3 Å². The van der Waals surface area contributed by atoms with Crippen LogP contribution in [0.2, 0.25) is 10.0 Å². The topological polar surface area (TPSA) is 24.9 Å². The fourth-order valence-corrected chi connectivity index (χ4v) is 3.01. The number of nitrogens with zero attached hydrogens (tertiary/aromatic N) is 1. The van der Waals surface area contributed by atoms with E-state index >= 15 is 0 Å². The lowest BCUT2D eigenvalue weighted by Gasteiger charge is -2.16. The Bertz CT molecular complexity index is 500. The molecule has 0 amide bonds. The van der Waals surface area contributed by atoms with Crippen LogP contribution in [0.25, 0.3) is 0 Å². The van der Waals surface area contributed by atoms with Crippen molar-refractivity contribution in [1.29, 1.82) is 0 Å². The second kappa shape index (κ2) is 6.53. The van der Waals surface area contributed by atoms with E-state index in [1.165, 1.54) is 4.88 Å². The molecule has 0 aliphatic heterocycles. The number of hydrogen-bond donors (Lipinski definition) is 1. The highest BCUT2D eigenvalue weighted by Gasteiger charge is 2.14. The minimum absolute atomic E-state index is 0.251. The highest BCUT2D eigenvalue weighted by molar-refractivity contribution is 7.09. The van der Waals surface area contributed by atoms with Crippen molar-refractivity contribution in [3.05, 3.63) is 50.4 Å². The molecule has 1 atom stereocenters. The Morgan fingerprint density at radius 1 is 1.39 bits per heavy atom. The van der Waals surface area contributed by atoms with Crippen molar-refractivity contribution in [2.45, 2.75) is 19.4 Å². The first-order valence-corrected chi connectivity index (χ1v) is 7.40. The van der Waals surface area contributed by atoms with Gasteiger partial charge >= 0.3 is 0 Å². The van der Waals surface area contributed by atoms with Crippen LogP contribution in [-0.2, 0) is 6.42 Å². The Labute approximate surface area is 121 Å². The SMILES string of the molecule is CCNC(Cc1ccc(Cl)cc1Cl)c1cncs1. The summed E-state index contributed by atoms with van der Waals surface area (Å²) in [5.74, 6) is 0. The lowest BCUT2D eigenvalue weighted by molar-refractivity contribution is 0.557. The van der Waals surface area contributed by atoms with Crippen LogP contribution in [0.1, 0.15) is 23.4 Å². The number of halogens is 2. The van der Waals surface area contributed by atoms with Gasteiger partial charge < -0.3 is 5.32 Å². The van der Waals surface area contributed by atoms with E-state index in [9.17, 15) is 0 Å². The predicted molar refractivity (Wildman–Crippen MR) is 78.7 cm³/mol. The molecule has 2 rings (SSSR count). The summed E-state index contributed by atoms with van der Waals surface area (Å²) in [5.41, 5.74) is 2.95. The van der Waals surface area contributed by atoms with Gasteiger partial charge in [-0.3, -0.25) is 4.98 Å². The van der Waals surface area contributed by atoms with Gasteiger partial charge in [0.1, 0.15) is 0 Å². The zero-order chi connectivity index (χ0) is 13.0. The molecular weight excluding hydrogens is 287 g/mol. The van der Waals surface area contributed by atoms with E-state index in [4.69, 9.17) is 23.2 Å². The molecule has 0 fully saturated rings. The molecule has 18 heavy (non-hydrogen) atoms. The summed E-state index contributed by atoms with van der Waals surface area (Å²) in [6.07, 6.45) is 2.74. The number of thiazole rings is 1. The van der Waals surface area contributed by atoms with Gasteiger partial charge in [-0.1, -0.05) is 36.2 Å². The minimum Gasteiger partial charge on any atom is -0.309 e. The summed E-state index contributed by atoms with van der Waals surface area (Å²) in [4.78, 5) is 5.35. The first-order valence-electron chi connectivity index (χ1n) is 5.76. The lowest BCUT2D eigenvalue weighted by atomic mass is 10.0. The summed E-state index contributed by atoms with van der Waals surface area (Å²) < 4.78 is 0. The molecule has 1 N–H and O–H groups in total. The van der Waals surface area contributed by atoms with Crippen LogP contribution < -0.4 is 5.32 Å². The monoisotopic (exact) mass is 300 g/mol. The number of nitrogens with one attached hydrogen (secondary N) is 1. The van der Waals surface area contributed by atoms with Crippen molar-refractivity contribution >= 4 is 34.5 Å². The maximum Gasteiger partial charge on any atom is 0.0794 e. The predicted octanol–water partition coefficient (Wildman–Crippen LogP) is 4.34. The molecule has 1 aromatic heterocycles. The summed E-state index contributed by atoms with van der Waals surface area (Å²) in [7, 11) is 0. The molecule has 0 radical (unpaired) electrons. The summed E-state index contributed by atoms with van der Waals surface area (Å²) >= 11 is 13.8. The normalized spacial score (nSPS) is 12.6. The summed E-state index contributed by atoms with van der Waals surface area (Å²) in [5, 5.41) is 4.84. The summed E-state index contributed by atoms with van der Waals surface area (Å²) in [6.45, 7) is 3.01. The number of rotatable bonds is 5. The van der Waals surface area contributed by atoms with Crippen molar-refractivity contribution in [3.8, 4) is 0 Å². The Hall–Kier alpha value is -0.610. The Kier molecular flexibility index (Phi) is 5.01. The maximum absolute atomic E-state index is 6.21. The van der Waals surface area contributed by atoms with Gasteiger partial charge in [-0.15, -0.1) is 11.3 Å². The maximum atomic E-state index is 6.21. The van der Waals surface area contributed by atoms with Crippen LogP contribution in [0.15, 0.2) is 29.9 Å². The number of benzene rings is 1. The average molecular weight is 301 g/mol. The number of hydrogen-bond acceptors (Lipinski definition) is 3. The molecule has 5 heteroatoms. The fourth-order valence-electron chi connectivity index (χ4n) is 1.82. The first kappa shape index (κ1) is 13.8. The molecule has 1 aromatic carbocycles. The van der Waals surface area contributed by atoms with Gasteiger partial charge in [0, 0.05) is 27.2 Å². The van der Waals surface area contributed by atoms with E-state index in [0.29, 0.717) is 5.02 Å². The van der Waals surface area contributed by atoms with Gasteiger partial charge in [-0.05, 0) is 30.7 Å². The van der Waals surface area contributed by atoms with E-state index in [2.05, 4.69) is 17.2 Å². The third-order valence-electron chi connectivity index (χ3n) is 2.68. The van der Waals surface area contributed by atoms with Crippen LogP contribution in [-0.4, -0.2) is 11.5 Å². The lowest BCUT2D eigenvalue weighted by Crippen LogP contribution is -2.22. The zero-order valence-electron chi connectivity index (χ0n) is 9.99. The van der Waals surface area contributed by atoms with E-state index < -0.39 is 0 Å². The molecule has 0 saturated heterocycles. The van der Waals surface area contributed by atoms with Crippen molar-refractivity contribution in [2.24, 2.45) is 0 Å². The smallest absolute Gasteiger partial charge is 0.0794 e. The van der Waals surface area contributed by atoms with Crippen molar-refractivity contribution in [2.75, 3.05) is 6.54 Å². The molecule has 2 nitrogen and oxygen atoms in total. The molecule has 2 aromatic rings. The molecule has 96 valence electrons. The third-order valence-corrected chi connectivity index (χ3v) is 4.16. The molecule has 0 saturated carbocycles. The molecular formula is C13H14Cl2N2S. The molecule has 0 spiro atoms. The standard InChI is InChI=1S/C13H14Cl2N2S/c1-2-17-12(13-7-16-8-18-13)5-9-3-4-10(14)6-11(9)15/h3-4,6-8,12,17H,2,5H2,1H3. The minimum atomic E-state index is 0.251. The Morgan fingerprint density at radius 3 is 2.83 bits per heavy atom. The molecule has 1 unspecified atom stereocenters. The van der Waals surface area contributed by atoms with Gasteiger partial charge in [-0.25, -0.2) is 0 Å². The van der Waals surface area contributed by atoms with Gasteiger partial charge in [0.15, 0.2) is 0 Å². The molecule has 0 bridgehead atoms. The highest BCUT2D eigenvalue weighted by atomic mass is 35.5. The van der Waals surface area contributed by atoms with Gasteiger partial charge in [-0.2, -0.15) is 0 Å². The first-order chi connectivity index (χ1) is 8.70. The van der Waals surface area contributed by atoms with Crippen LogP contribution in [0.3, 0.4) is 0 Å².